The van der Waals surface area contributed by atoms with Crippen molar-refractivity contribution in [1.82, 2.24) is 9.80 Å². The van der Waals surface area contributed by atoms with Gasteiger partial charge < -0.3 is 14.5 Å². The standard InChI is InChI=1S/C26H33N3O5S/c1-20(2)21-10-12-22(13-11-21)29(35(32,33)23-7-4-3-5-8-23)19-25(30)27-14-16-28(17-15-27)26(31)24-9-6-18-34-24/h3-5,7-8,10-13,20,24H,6,9,14-19H2,1-2H3/t24-/m1/s1. The normalized spacial score (nSPS) is 18.7. The summed E-state index contributed by atoms with van der Waals surface area (Å²) in [5.74, 6) is -0.00622. The van der Waals surface area contributed by atoms with Crippen molar-refractivity contribution < 1.29 is 22.7 Å². The van der Waals surface area contributed by atoms with Gasteiger partial charge >= 0.3 is 0 Å². The van der Waals surface area contributed by atoms with Crippen LogP contribution in [0, 0.1) is 0 Å². The fourth-order valence-electron chi connectivity index (χ4n) is 4.44. The Balaban J connectivity index is 1.50. The van der Waals surface area contributed by atoms with Gasteiger partial charge in [0.05, 0.1) is 10.6 Å². The van der Waals surface area contributed by atoms with E-state index in [1.807, 2.05) is 12.1 Å². The zero-order valence-corrected chi connectivity index (χ0v) is 21.1. The molecule has 2 heterocycles. The molecule has 2 aliphatic rings. The van der Waals surface area contributed by atoms with Crippen molar-refractivity contribution in [2.75, 3.05) is 43.6 Å². The van der Waals surface area contributed by atoms with E-state index in [2.05, 4.69) is 13.8 Å². The van der Waals surface area contributed by atoms with E-state index in [-0.39, 0.29) is 29.4 Å². The molecule has 0 radical (unpaired) electrons. The summed E-state index contributed by atoms with van der Waals surface area (Å²) in [6.07, 6.45) is 1.25. The van der Waals surface area contributed by atoms with Crippen molar-refractivity contribution >= 4 is 27.5 Å². The number of anilines is 1. The second kappa shape index (κ2) is 10.8. The number of ether oxygens (including phenoxy) is 1. The second-order valence-corrected chi connectivity index (χ2v) is 11.1. The molecule has 9 heteroatoms. The summed E-state index contributed by atoms with van der Waals surface area (Å²) >= 11 is 0. The molecule has 0 aliphatic carbocycles. The van der Waals surface area contributed by atoms with E-state index in [0.717, 1.165) is 18.4 Å². The van der Waals surface area contributed by atoms with Crippen molar-refractivity contribution in [3.63, 3.8) is 0 Å². The summed E-state index contributed by atoms with van der Waals surface area (Å²) in [7, 11) is -3.95. The molecule has 0 bridgehead atoms. The Labute approximate surface area is 207 Å². The van der Waals surface area contributed by atoms with Gasteiger partial charge in [0.25, 0.3) is 15.9 Å². The van der Waals surface area contributed by atoms with E-state index < -0.39 is 10.0 Å². The molecule has 2 aromatic carbocycles. The molecular weight excluding hydrogens is 466 g/mol. The Kier molecular flexibility index (Phi) is 7.76. The fraction of sp³-hybridized carbons (Fsp3) is 0.462. The molecule has 0 saturated carbocycles. The molecule has 4 rings (SSSR count). The van der Waals surface area contributed by atoms with E-state index in [9.17, 15) is 18.0 Å². The van der Waals surface area contributed by atoms with E-state index >= 15 is 0 Å². The predicted octanol–water partition coefficient (Wildman–Crippen LogP) is 2.86. The zero-order valence-electron chi connectivity index (χ0n) is 20.3. The summed E-state index contributed by atoms with van der Waals surface area (Å²) < 4.78 is 33.8. The number of sulfonamides is 1. The fourth-order valence-corrected chi connectivity index (χ4v) is 5.87. The van der Waals surface area contributed by atoms with Gasteiger partial charge in [-0.05, 0) is 48.6 Å². The molecule has 188 valence electrons. The average molecular weight is 500 g/mol. The number of hydrogen-bond acceptors (Lipinski definition) is 5. The minimum Gasteiger partial charge on any atom is -0.368 e. The molecule has 1 atom stereocenters. The first kappa shape index (κ1) is 25.2. The molecule has 2 aliphatic heterocycles. The third-order valence-electron chi connectivity index (χ3n) is 6.61. The number of benzene rings is 2. The van der Waals surface area contributed by atoms with Gasteiger partial charge in [-0.1, -0.05) is 44.2 Å². The smallest absolute Gasteiger partial charge is 0.264 e. The van der Waals surface area contributed by atoms with Gasteiger partial charge in [0.15, 0.2) is 0 Å². The van der Waals surface area contributed by atoms with E-state index in [1.54, 1.807) is 40.1 Å². The summed E-state index contributed by atoms with van der Waals surface area (Å²) in [6, 6.07) is 15.4. The van der Waals surface area contributed by atoms with Crippen LogP contribution in [0.1, 0.15) is 38.2 Å². The molecule has 8 nitrogen and oxygen atoms in total. The molecule has 0 aromatic heterocycles. The van der Waals surface area contributed by atoms with Gasteiger partial charge in [-0.2, -0.15) is 0 Å². The van der Waals surface area contributed by atoms with Gasteiger partial charge in [-0.15, -0.1) is 0 Å². The Bertz CT molecular complexity index is 1120. The summed E-state index contributed by atoms with van der Waals surface area (Å²) in [5.41, 5.74) is 1.53. The van der Waals surface area contributed by atoms with Crippen LogP contribution in [0.25, 0.3) is 0 Å². The van der Waals surface area contributed by atoms with Crippen molar-refractivity contribution in [1.29, 1.82) is 0 Å². The van der Waals surface area contributed by atoms with Crippen LogP contribution < -0.4 is 4.31 Å². The predicted molar refractivity (Wildman–Crippen MR) is 134 cm³/mol. The van der Waals surface area contributed by atoms with Crippen molar-refractivity contribution in [3.8, 4) is 0 Å². The molecule has 2 saturated heterocycles. The topological polar surface area (TPSA) is 87.2 Å². The number of amides is 2. The van der Waals surface area contributed by atoms with Crippen LogP contribution in [0.2, 0.25) is 0 Å². The molecule has 0 spiro atoms. The molecule has 2 amide bonds. The highest BCUT2D eigenvalue weighted by Gasteiger charge is 2.33. The minimum absolute atomic E-state index is 0.0203. The first-order valence-electron chi connectivity index (χ1n) is 12.1. The Hall–Kier alpha value is -2.91. The van der Waals surface area contributed by atoms with Gasteiger partial charge in [0.1, 0.15) is 12.6 Å². The Morgan fingerprint density at radius 3 is 2.17 bits per heavy atom. The number of carbonyl (C=O) groups excluding carboxylic acids is 2. The Morgan fingerprint density at radius 2 is 1.60 bits per heavy atom. The van der Waals surface area contributed by atoms with Gasteiger partial charge in [0.2, 0.25) is 5.91 Å². The minimum atomic E-state index is -3.95. The molecule has 0 N–H and O–H groups in total. The molecule has 2 aromatic rings. The lowest BCUT2D eigenvalue weighted by atomic mass is 10.0. The van der Waals surface area contributed by atoms with E-state index in [4.69, 9.17) is 4.74 Å². The third-order valence-corrected chi connectivity index (χ3v) is 8.40. The van der Waals surface area contributed by atoms with Gasteiger partial charge in [-0.25, -0.2) is 8.42 Å². The maximum atomic E-state index is 13.5. The molecular formula is C26H33N3O5S. The SMILES string of the molecule is CC(C)c1ccc(N(CC(=O)N2CCN(C(=O)[C@H]3CCCO3)CC2)S(=O)(=O)c2ccccc2)cc1. The number of piperazine rings is 1. The first-order chi connectivity index (χ1) is 16.8. The van der Waals surface area contributed by atoms with E-state index in [1.165, 1.54) is 16.4 Å². The number of hydrogen-bond donors (Lipinski definition) is 0. The van der Waals surface area contributed by atoms with Crippen LogP contribution in [-0.2, 0) is 24.3 Å². The van der Waals surface area contributed by atoms with Crippen LogP contribution in [0.15, 0.2) is 59.5 Å². The number of carbonyl (C=O) groups is 2. The van der Waals surface area contributed by atoms with Crippen LogP contribution in [-0.4, -0.2) is 75.5 Å². The lowest BCUT2D eigenvalue weighted by molar-refractivity contribution is -0.145. The highest BCUT2D eigenvalue weighted by molar-refractivity contribution is 7.92. The summed E-state index contributed by atoms with van der Waals surface area (Å²) in [4.78, 5) is 29.4. The highest BCUT2D eigenvalue weighted by atomic mass is 32.2. The maximum absolute atomic E-state index is 13.5. The van der Waals surface area contributed by atoms with Gasteiger partial charge in [-0.3, -0.25) is 13.9 Å². The van der Waals surface area contributed by atoms with Gasteiger partial charge in [0, 0.05) is 32.8 Å². The summed E-state index contributed by atoms with van der Waals surface area (Å²) in [5, 5.41) is 0. The quantitative estimate of drug-likeness (QED) is 0.585. The van der Waals surface area contributed by atoms with Crippen LogP contribution in [0.3, 0.4) is 0 Å². The zero-order chi connectivity index (χ0) is 25.0. The van der Waals surface area contributed by atoms with Crippen LogP contribution in [0.5, 0.6) is 0 Å². The third kappa shape index (κ3) is 5.67. The molecule has 2 fully saturated rings. The van der Waals surface area contributed by atoms with Crippen molar-refractivity contribution in [2.45, 2.75) is 43.6 Å². The number of rotatable bonds is 7. The number of nitrogens with zero attached hydrogens (tertiary/aromatic N) is 3. The average Bonchev–Trinajstić information content (AvgIpc) is 3.42. The van der Waals surface area contributed by atoms with Crippen molar-refractivity contribution in [3.05, 3.63) is 60.2 Å². The Morgan fingerprint density at radius 1 is 0.971 bits per heavy atom. The van der Waals surface area contributed by atoms with Crippen molar-refractivity contribution in [2.24, 2.45) is 0 Å². The highest BCUT2D eigenvalue weighted by Crippen LogP contribution is 2.26. The van der Waals surface area contributed by atoms with Crippen LogP contribution >= 0.6 is 0 Å². The van der Waals surface area contributed by atoms with Crippen LogP contribution in [0.4, 0.5) is 5.69 Å². The largest absolute Gasteiger partial charge is 0.368 e. The maximum Gasteiger partial charge on any atom is 0.264 e. The second-order valence-electron chi connectivity index (χ2n) is 9.28. The molecule has 0 unspecified atom stereocenters. The molecule has 35 heavy (non-hydrogen) atoms. The lowest BCUT2D eigenvalue weighted by Crippen LogP contribution is -2.54. The van der Waals surface area contributed by atoms with E-state index in [0.29, 0.717) is 44.4 Å². The summed E-state index contributed by atoms with van der Waals surface area (Å²) in [6.45, 7) is 6.00. The first-order valence-corrected chi connectivity index (χ1v) is 13.6. The lowest BCUT2D eigenvalue weighted by Gasteiger charge is -2.36. The monoisotopic (exact) mass is 499 g/mol.